The fraction of sp³-hybridized carbons (Fsp3) is 0.125. The Kier molecular flexibility index (Phi) is 3.48. The highest BCUT2D eigenvalue weighted by Crippen LogP contribution is 2.22. The average Bonchev–Trinajstić information content (AvgIpc) is 2.15. The highest BCUT2D eigenvalue weighted by molar-refractivity contribution is 9.10. The van der Waals surface area contributed by atoms with Crippen molar-refractivity contribution in [2.75, 3.05) is 7.11 Å². The summed E-state index contributed by atoms with van der Waals surface area (Å²) in [6.45, 7) is 0. The summed E-state index contributed by atoms with van der Waals surface area (Å²) in [5.41, 5.74) is 0.129. The van der Waals surface area contributed by atoms with Crippen LogP contribution in [0.3, 0.4) is 0 Å². The summed E-state index contributed by atoms with van der Waals surface area (Å²) in [4.78, 5) is 11.0. The van der Waals surface area contributed by atoms with E-state index in [9.17, 15) is 13.2 Å². The minimum absolute atomic E-state index is 0.129. The number of hydrogen-bond acceptors (Lipinski definition) is 4. The summed E-state index contributed by atoms with van der Waals surface area (Å²) in [6.07, 6.45) is 0. The van der Waals surface area contributed by atoms with Crippen LogP contribution in [0, 0.1) is 0 Å². The van der Waals surface area contributed by atoms with Gasteiger partial charge in [-0.3, -0.25) is 0 Å². The van der Waals surface area contributed by atoms with Gasteiger partial charge in [0.15, 0.2) is 0 Å². The van der Waals surface area contributed by atoms with Crippen LogP contribution < -0.4 is 5.14 Å². The number of hydrogen-bond donors (Lipinski definition) is 1. The van der Waals surface area contributed by atoms with E-state index < -0.39 is 16.0 Å². The first-order valence-corrected chi connectivity index (χ1v) is 6.11. The summed E-state index contributed by atoms with van der Waals surface area (Å²) in [5, 5.41) is 4.96. The summed E-state index contributed by atoms with van der Waals surface area (Å²) in [6, 6.07) is 4.02. The predicted octanol–water partition coefficient (Wildman–Crippen LogP) is 0.883. The second-order valence-corrected chi connectivity index (χ2v) is 5.07. The first-order chi connectivity index (χ1) is 6.86. The smallest absolute Gasteiger partial charge is 0.337 e. The first kappa shape index (κ1) is 12.2. The normalized spacial score (nSPS) is 11.1. The molecule has 5 nitrogen and oxygen atoms in total. The minimum Gasteiger partial charge on any atom is -0.465 e. The lowest BCUT2D eigenvalue weighted by atomic mass is 10.2. The van der Waals surface area contributed by atoms with Gasteiger partial charge in [-0.05, 0) is 34.1 Å². The van der Waals surface area contributed by atoms with Crippen LogP contribution in [0.1, 0.15) is 10.4 Å². The van der Waals surface area contributed by atoms with Gasteiger partial charge in [0.2, 0.25) is 10.0 Å². The molecule has 0 heterocycles. The number of sulfonamides is 1. The van der Waals surface area contributed by atoms with E-state index in [1.54, 1.807) is 0 Å². The number of benzene rings is 1. The van der Waals surface area contributed by atoms with E-state index >= 15 is 0 Å². The Hall–Kier alpha value is -0.920. The SMILES string of the molecule is COC(=O)c1ccc(Br)c(S(N)(=O)=O)c1. The van der Waals surface area contributed by atoms with Crippen molar-refractivity contribution in [1.29, 1.82) is 0 Å². The Morgan fingerprint density at radius 1 is 1.47 bits per heavy atom. The lowest BCUT2D eigenvalue weighted by Gasteiger charge is -2.04. The van der Waals surface area contributed by atoms with Gasteiger partial charge in [-0.25, -0.2) is 18.4 Å². The molecule has 0 aliphatic heterocycles. The quantitative estimate of drug-likeness (QED) is 0.820. The van der Waals surface area contributed by atoms with Crippen molar-refractivity contribution < 1.29 is 17.9 Å². The molecule has 0 aromatic heterocycles. The maximum atomic E-state index is 11.1. The summed E-state index contributed by atoms with van der Waals surface area (Å²) < 4.78 is 27.0. The van der Waals surface area contributed by atoms with E-state index in [1.807, 2.05) is 0 Å². The Morgan fingerprint density at radius 3 is 2.53 bits per heavy atom. The van der Waals surface area contributed by atoms with E-state index in [-0.39, 0.29) is 10.5 Å². The van der Waals surface area contributed by atoms with Crippen LogP contribution in [0.25, 0.3) is 0 Å². The third kappa shape index (κ3) is 2.77. The van der Waals surface area contributed by atoms with Crippen molar-refractivity contribution in [3.63, 3.8) is 0 Å². The molecule has 1 rings (SSSR count). The van der Waals surface area contributed by atoms with Crippen molar-refractivity contribution in [1.82, 2.24) is 0 Å². The van der Waals surface area contributed by atoms with Gasteiger partial charge >= 0.3 is 5.97 Å². The average molecular weight is 294 g/mol. The lowest BCUT2D eigenvalue weighted by Crippen LogP contribution is -2.14. The molecule has 0 bridgehead atoms. The third-order valence-corrected chi connectivity index (χ3v) is 3.56. The molecule has 0 aliphatic rings. The topological polar surface area (TPSA) is 86.5 Å². The molecule has 0 amide bonds. The Labute approximate surface area is 95.4 Å². The monoisotopic (exact) mass is 293 g/mol. The molecular formula is C8H8BrNO4S. The molecule has 82 valence electrons. The highest BCUT2D eigenvalue weighted by atomic mass is 79.9. The number of nitrogens with two attached hydrogens (primary N) is 1. The van der Waals surface area contributed by atoms with E-state index in [0.717, 1.165) is 6.07 Å². The van der Waals surface area contributed by atoms with Crippen LogP contribution >= 0.6 is 15.9 Å². The molecule has 2 N–H and O–H groups in total. The molecule has 0 saturated heterocycles. The van der Waals surface area contributed by atoms with Gasteiger partial charge in [-0.15, -0.1) is 0 Å². The second kappa shape index (κ2) is 4.30. The maximum Gasteiger partial charge on any atom is 0.337 e. The third-order valence-electron chi connectivity index (χ3n) is 1.66. The number of primary sulfonamides is 1. The molecule has 0 unspecified atom stereocenters. The van der Waals surface area contributed by atoms with Gasteiger partial charge in [0, 0.05) is 4.47 Å². The van der Waals surface area contributed by atoms with Crippen molar-refractivity contribution in [2.24, 2.45) is 5.14 Å². The molecule has 0 spiro atoms. The fourth-order valence-electron chi connectivity index (χ4n) is 0.966. The molecule has 0 aliphatic carbocycles. The first-order valence-electron chi connectivity index (χ1n) is 3.77. The predicted molar refractivity (Wildman–Crippen MR) is 56.9 cm³/mol. The van der Waals surface area contributed by atoms with Crippen molar-refractivity contribution in [3.8, 4) is 0 Å². The zero-order valence-corrected chi connectivity index (χ0v) is 10.1. The molecule has 15 heavy (non-hydrogen) atoms. The highest BCUT2D eigenvalue weighted by Gasteiger charge is 2.15. The standard InChI is InChI=1S/C8H8BrNO4S/c1-14-8(11)5-2-3-6(9)7(4-5)15(10,12)13/h2-4H,1H3,(H2,10,12,13). The maximum absolute atomic E-state index is 11.1. The van der Waals surface area contributed by atoms with E-state index in [4.69, 9.17) is 5.14 Å². The van der Waals surface area contributed by atoms with E-state index in [0.29, 0.717) is 4.47 Å². The van der Waals surface area contributed by atoms with Crippen LogP contribution in [0.4, 0.5) is 0 Å². The van der Waals surface area contributed by atoms with Gasteiger partial charge in [0.25, 0.3) is 0 Å². The Morgan fingerprint density at radius 2 is 2.07 bits per heavy atom. The zero-order valence-electron chi connectivity index (χ0n) is 7.73. The Bertz CT molecular complexity index is 497. The van der Waals surface area contributed by atoms with Crippen LogP contribution in [0.5, 0.6) is 0 Å². The molecule has 0 fully saturated rings. The fourth-order valence-corrected chi connectivity index (χ4v) is 2.52. The molecular weight excluding hydrogens is 286 g/mol. The molecule has 1 aromatic rings. The molecule has 1 aromatic carbocycles. The molecule has 0 saturated carbocycles. The number of carbonyl (C=O) groups excluding carboxylic acids is 1. The zero-order chi connectivity index (χ0) is 11.6. The van der Waals surface area contributed by atoms with Crippen LogP contribution in [0.2, 0.25) is 0 Å². The van der Waals surface area contributed by atoms with Crippen LogP contribution in [-0.2, 0) is 14.8 Å². The number of carbonyl (C=O) groups is 1. The summed E-state index contributed by atoms with van der Waals surface area (Å²) in [7, 11) is -2.64. The van der Waals surface area contributed by atoms with Gasteiger partial charge in [-0.2, -0.15) is 0 Å². The number of esters is 1. The molecule has 0 atom stereocenters. The Balaban J connectivity index is 3.36. The summed E-state index contributed by atoms with van der Waals surface area (Å²) in [5.74, 6) is -0.618. The summed E-state index contributed by atoms with van der Waals surface area (Å²) >= 11 is 3.03. The van der Waals surface area contributed by atoms with Crippen LogP contribution in [-0.4, -0.2) is 21.5 Å². The number of methoxy groups -OCH3 is 1. The van der Waals surface area contributed by atoms with Gasteiger partial charge in [-0.1, -0.05) is 0 Å². The molecule has 7 heteroatoms. The largest absolute Gasteiger partial charge is 0.465 e. The van der Waals surface area contributed by atoms with E-state index in [1.165, 1.54) is 19.2 Å². The molecule has 0 radical (unpaired) electrons. The lowest BCUT2D eigenvalue weighted by molar-refractivity contribution is 0.0600. The van der Waals surface area contributed by atoms with Crippen molar-refractivity contribution in [2.45, 2.75) is 4.90 Å². The van der Waals surface area contributed by atoms with E-state index in [2.05, 4.69) is 20.7 Å². The number of rotatable bonds is 2. The second-order valence-electron chi connectivity index (χ2n) is 2.68. The minimum atomic E-state index is -3.85. The van der Waals surface area contributed by atoms with Crippen LogP contribution in [0.15, 0.2) is 27.6 Å². The number of halogens is 1. The number of ether oxygens (including phenoxy) is 1. The van der Waals surface area contributed by atoms with Gasteiger partial charge < -0.3 is 4.74 Å². The van der Waals surface area contributed by atoms with Crippen molar-refractivity contribution >= 4 is 31.9 Å². The van der Waals surface area contributed by atoms with Gasteiger partial charge in [0.05, 0.1) is 17.6 Å². The van der Waals surface area contributed by atoms with Gasteiger partial charge in [0.1, 0.15) is 0 Å². The van der Waals surface area contributed by atoms with Crippen molar-refractivity contribution in [3.05, 3.63) is 28.2 Å².